The van der Waals surface area contributed by atoms with Gasteiger partial charge in [-0.1, -0.05) is 12.2 Å². The molecule has 0 bridgehead atoms. The lowest BCUT2D eigenvalue weighted by Gasteiger charge is -2.20. The molecule has 1 fully saturated rings. The molecule has 10 heteroatoms. The van der Waals surface area contributed by atoms with Crippen LogP contribution in [0.5, 0.6) is 0 Å². The Morgan fingerprint density at radius 3 is 2.60 bits per heavy atom. The van der Waals surface area contributed by atoms with Crippen molar-refractivity contribution < 1.29 is 27.8 Å². The van der Waals surface area contributed by atoms with Crippen molar-refractivity contribution in [1.29, 1.82) is 0 Å². The van der Waals surface area contributed by atoms with E-state index in [9.17, 15) is 23.2 Å². The van der Waals surface area contributed by atoms with Gasteiger partial charge >= 0.3 is 12.1 Å². The van der Waals surface area contributed by atoms with Crippen LogP contribution in [0.2, 0.25) is 0 Å². The minimum absolute atomic E-state index is 0.0384. The minimum Gasteiger partial charge on any atom is -0.462 e. The molecule has 1 unspecified atom stereocenters. The van der Waals surface area contributed by atoms with Crippen LogP contribution in [0.4, 0.5) is 13.6 Å². The third kappa shape index (κ3) is 6.45. The second-order valence-electron chi connectivity index (χ2n) is 9.49. The highest BCUT2D eigenvalue weighted by Crippen LogP contribution is 2.38. The zero-order valence-corrected chi connectivity index (χ0v) is 20.3. The summed E-state index contributed by atoms with van der Waals surface area (Å²) in [6.45, 7) is 7.03. The summed E-state index contributed by atoms with van der Waals surface area (Å²) in [7, 11) is 0. The van der Waals surface area contributed by atoms with Crippen molar-refractivity contribution in [1.82, 2.24) is 9.88 Å². The summed E-state index contributed by atoms with van der Waals surface area (Å²) in [5.41, 5.74) is 4.55. The lowest BCUT2D eigenvalue weighted by Crippen LogP contribution is -2.39. The summed E-state index contributed by atoms with van der Waals surface area (Å²) >= 11 is 0. The Morgan fingerprint density at radius 1 is 1.31 bits per heavy atom. The molecular formula is C25H31F2N3O5. The first-order valence-electron chi connectivity index (χ1n) is 11.6. The molecule has 1 saturated carbocycles. The van der Waals surface area contributed by atoms with Gasteiger partial charge in [0.1, 0.15) is 11.2 Å². The Balaban J connectivity index is 1.91. The normalized spacial score (nSPS) is 14.8. The summed E-state index contributed by atoms with van der Waals surface area (Å²) in [6, 6.07) is 0.272. The highest BCUT2D eigenvalue weighted by Gasteiger charge is 2.29. The zero-order valence-electron chi connectivity index (χ0n) is 20.3. The number of hydrogen-bond acceptors (Lipinski definition) is 6. The van der Waals surface area contributed by atoms with Crippen molar-refractivity contribution in [3.63, 3.8) is 0 Å². The molecule has 1 aliphatic carbocycles. The third-order valence-corrected chi connectivity index (χ3v) is 5.31. The lowest BCUT2D eigenvalue weighted by molar-refractivity contribution is 0.0514. The van der Waals surface area contributed by atoms with Gasteiger partial charge in [0.2, 0.25) is 5.43 Å². The number of fused-ring (bicyclic) bond motifs is 1. The minimum atomic E-state index is -1.20. The van der Waals surface area contributed by atoms with Gasteiger partial charge in [0.15, 0.2) is 11.6 Å². The largest absolute Gasteiger partial charge is 0.462 e. The number of nitrogens with two attached hydrogens (primary N) is 1. The molecule has 0 spiro atoms. The molecule has 0 saturated heterocycles. The van der Waals surface area contributed by atoms with E-state index in [4.69, 9.17) is 15.2 Å². The zero-order chi connectivity index (χ0) is 25.9. The quantitative estimate of drug-likeness (QED) is 0.539. The molecule has 1 heterocycles. The van der Waals surface area contributed by atoms with Gasteiger partial charge in [0.05, 0.1) is 17.5 Å². The molecule has 1 amide bonds. The topological polar surface area (TPSA) is 113 Å². The number of esters is 1. The Morgan fingerprint density at radius 2 is 2.00 bits per heavy atom. The number of benzene rings is 1. The van der Waals surface area contributed by atoms with Gasteiger partial charge in [0, 0.05) is 30.4 Å². The first-order chi connectivity index (χ1) is 16.4. The van der Waals surface area contributed by atoms with Gasteiger partial charge in [-0.05, 0) is 53.0 Å². The van der Waals surface area contributed by atoms with Gasteiger partial charge in [-0.3, -0.25) is 4.79 Å². The number of aromatic nitrogens is 1. The summed E-state index contributed by atoms with van der Waals surface area (Å²) in [5, 5.41) is 2.46. The molecule has 35 heavy (non-hydrogen) atoms. The summed E-state index contributed by atoms with van der Waals surface area (Å²) < 4.78 is 41.2. The monoisotopic (exact) mass is 491 g/mol. The summed E-state index contributed by atoms with van der Waals surface area (Å²) in [5.74, 6) is -3.11. The van der Waals surface area contributed by atoms with E-state index in [1.54, 1.807) is 38.3 Å². The average molecular weight is 492 g/mol. The van der Waals surface area contributed by atoms with E-state index in [2.05, 4.69) is 5.32 Å². The molecule has 3 rings (SSSR count). The van der Waals surface area contributed by atoms with Gasteiger partial charge in [0.25, 0.3) is 0 Å². The van der Waals surface area contributed by atoms with E-state index in [-0.39, 0.29) is 47.6 Å². The van der Waals surface area contributed by atoms with E-state index < -0.39 is 40.8 Å². The molecular weight excluding hydrogens is 460 g/mol. The number of ether oxygens (including phenoxy) is 2. The molecule has 2 aromatic rings. The Labute approximate surface area is 202 Å². The Hall–Kier alpha value is -3.27. The molecule has 1 atom stereocenters. The van der Waals surface area contributed by atoms with Crippen LogP contribution in [-0.4, -0.2) is 41.4 Å². The summed E-state index contributed by atoms with van der Waals surface area (Å²) in [4.78, 5) is 37.1. The molecule has 0 aliphatic heterocycles. The average Bonchev–Trinajstić information content (AvgIpc) is 3.60. The van der Waals surface area contributed by atoms with Crippen LogP contribution < -0.4 is 16.5 Å². The standard InChI is InChI=1S/C25H31F2N3O5/c1-5-34-23(32)18-13-30(15-9-10-15)21-16(20(27)19(26)11-17(21)22(18)31)8-6-7-14(28)12-29-24(33)35-25(2,3)4/h6,8,11,13-15H,5,7,9-10,12,28H2,1-4H3,(H,29,33). The van der Waals surface area contributed by atoms with Crippen LogP contribution >= 0.6 is 0 Å². The Kier molecular flexibility index (Phi) is 7.94. The van der Waals surface area contributed by atoms with E-state index in [0.717, 1.165) is 18.9 Å². The van der Waals surface area contributed by atoms with Crippen molar-refractivity contribution in [2.24, 2.45) is 5.73 Å². The second kappa shape index (κ2) is 10.6. The fraction of sp³-hybridized carbons (Fsp3) is 0.480. The van der Waals surface area contributed by atoms with Crippen LogP contribution in [0.3, 0.4) is 0 Å². The van der Waals surface area contributed by atoms with Crippen molar-refractivity contribution in [3.05, 3.63) is 51.3 Å². The Bertz CT molecular complexity index is 1210. The van der Waals surface area contributed by atoms with Gasteiger partial charge in [-0.2, -0.15) is 0 Å². The number of rotatable bonds is 8. The van der Waals surface area contributed by atoms with Crippen LogP contribution in [-0.2, 0) is 9.47 Å². The third-order valence-electron chi connectivity index (χ3n) is 5.31. The maximum Gasteiger partial charge on any atom is 0.407 e. The number of nitrogens with zero attached hydrogens (tertiary/aromatic N) is 1. The van der Waals surface area contributed by atoms with E-state index >= 15 is 0 Å². The highest BCUT2D eigenvalue weighted by atomic mass is 19.2. The van der Waals surface area contributed by atoms with E-state index in [1.807, 2.05) is 0 Å². The number of nitrogens with one attached hydrogen (secondary N) is 1. The van der Waals surface area contributed by atoms with Gasteiger partial charge < -0.3 is 25.1 Å². The second-order valence-corrected chi connectivity index (χ2v) is 9.49. The first-order valence-corrected chi connectivity index (χ1v) is 11.6. The van der Waals surface area contributed by atoms with Crippen molar-refractivity contribution >= 4 is 29.0 Å². The number of hydrogen-bond donors (Lipinski definition) is 2. The van der Waals surface area contributed by atoms with Gasteiger partial charge in [-0.15, -0.1) is 0 Å². The smallest absolute Gasteiger partial charge is 0.407 e. The predicted octanol–water partition coefficient (Wildman–Crippen LogP) is 4.05. The van der Waals surface area contributed by atoms with Crippen molar-refractivity contribution in [2.75, 3.05) is 13.2 Å². The van der Waals surface area contributed by atoms with E-state index in [1.165, 1.54) is 12.3 Å². The first kappa shape index (κ1) is 26.3. The maximum absolute atomic E-state index is 14.9. The number of carbonyl (C=O) groups is 2. The number of pyridine rings is 1. The molecule has 1 aromatic carbocycles. The number of alkyl carbamates (subject to hydrolysis) is 1. The summed E-state index contributed by atoms with van der Waals surface area (Å²) in [6.07, 6.45) is 5.49. The predicted molar refractivity (Wildman–Crippen MR) is 128 cm³/mol. The van der Waals surface area contributed by atoms with Crippen LogP contribution in [0.1, 0.15) is 68.9 Å². The fourth-order valence-corrected chi connectivity index (χ4v) is 3.61. The van der Waals surface area contributed by atoms with Crippen molar-refractivity contribution in [2.45, 2.75) is 64.6 Å². The maximum atomic E-state index is 14.9. The molecule has 1 aromatic heterocycles. The highest BCUT2D eigenvalue weighted by molar-refractivity contribution is 5.96. The van der Waals surface area contributed by atoms with Gasteiger partial charge in [-0.25, -0.2) is 18.4 Å². The van der Waals surface area contributed by atoms with E-state index in [0.29, 0.717) is 0 Å². The number of carbonyl (C=O) groups excluding carboxylic acids is 2. The molecule has 0 radical (unpaired) electrons. The number of halogens is 2. The molecule has 1 aliphatic rings. The van der Waals surface area contributed by atoms with Crippen LogP contribution in [0.25, 0.3) is 17.0 Å². The SMILES string of the molecule is CCOC(=O)c1cn(C2CC2)c2c(C=CCC(N)CNC(=O)OC(C)(C)C)c(F)c(F)cc2c1=O. The van der Waals surface area contributed by atoms with Crippen LogP contribution in [0.15, 0.2) is 23.1 Å². The lowest BCUT2D eigenvalue weighted by atomic mass is 10.0. The molecule has 8 nitrogen and oxygen atoms in total. The molecule has 190 valence electrons. The molecule has 3 N–H and O–H groups in total. The number of amides is 1. The van der Waals surface area contributed by atoms with Crippen molar-refractivity contribution in [3.8, 4) is 0 Å². The van der Waals surface area contributed by atoms with Crippen LogP contribution in [0, 0.1) is 11.6 Å². The fourth-order valence-electron chi connectivity index (χ4n) is 3.61.